The van der Waals surface area contributed by atoms with Crippen molar-refractivity contribution < 1.29 is 4.79 Å². The highest BCUT2D eigenvalue weighted by Crippen LogP contribution is 2.15. The van der Waals surface area contributed by atoms with Gasteiger partial charge in [-0.1, -0.05) is 13.8 Å². The number of hydrogen-bond donors (Lipinski definition) is 1. The predicted molar refractivity (Wildman–Crippen MR) is 75.2 cm³/mol. The van der Waals surface area contributed by atoms with Crippen LogP contribution in [0.4, 0.5) is 0 Å². The van der Waals surface area contributed by atoms with Gasteiger partial charge >= 0.3 is 0 Å². The Balaban J connectivity index is 2.02. The summed E-state index contributed by atoms with van der Waals surface area (Å²) in [5.41, 5.74) is 0. The number of nitrogens with zero attached hydrogens (tertiary/aromatic N) is 3. The van der Waals surface area contributed by atoms with Crippen molar-refractivity contribution in [3.63, 3.8) is 0 Å². The molecular weight excluding hydrogens is 260 g/mol. The van der Waals surface area contributed by atoms with Gasteiger partial charge in [0.15, 0.2) is 0 Å². The van der Waals surface area contributed by atoms with Crippen LogP contribution in [0.5, 0.6) is 0 Å². The van der Waals surface area contributed by atoms with Gasteiger partial charge in [-0.15, -0.1) is 11.3 Å². The zero-order valence-corrected chi connectivity index (χ0v) is 12.1. The molecule has 0 fully saturated rings. The number of carbonyl (C=O) groups is 1. The summed E-state index contributed by atoms with van der Waals surface area (Å²) in [6, 6.07) is 3.86. The lowest BCUT2D eigenvalue weighted by atomic mass is 10.0. The third-order valence-corrected chi connectivity index (χ3v) is 3.94. The molecule has 102 valence electrons. The molecule has 0 saturated heterocycles. The number of rotatable bonds is 5. The monoisotopic (exact) mass is 278 g/mol. The molecule has 1 amide bonds. The van der Waals surface area contributed by atoms with Crippen molar-refractivity contribution in [3.8, 4) is 0 Å². The summed E-state index contributed by atoms with van der Waals surface area (Å²) in [7, 11) is 0. The van der Waals surface area contributed by atoms with Crippen LogP contribution in [-0.2, 0) is 6.54 Å². The minimum absolute atomic E-state index is 0.0167. The van der Waals surface area contributed by atoms with Crippen LogP contribution in [0.3, 0.4) is 0 Å². The molecule has 0 saturated carbocycles. The second-order valence-electron chi connectivity index (χ2n) is 4.85. The van der Waals surface area contributed by atoms with Gasteiger partial charge in [0.05, 0.1) is 17.5 Å². The molecule has 0 aliphatic carbocycles. The lowest BCUT2D eigenvalue weighted by molar-refractivity contribution is 0.0923. The molecule has 2 rings (SSSR count). The number of nitrogens with one attached hydrogen (secondary N) is 1. The summed E-state index contributed by atoms with van der Waals surface area (Å²) in [4.78, 5) is 18.0. The Bertz CT molecular complexity index is 533. The van der Waals surface area contributed by atoms with Crippen LogP contribution in [0.1, 0.15) is 28.4 Å². The topological polar surface area (TPSA) is 59.8 Å². The third-order valence-electron chi connectivity index (χ3n) is 2.94. The Hall–Kier alpha value is -1.69. The molecule has 2 aromatic heterocycles. The van der Waals surface area contributed by atoms with Crippen LogP contribution < -0.4 is 5.32 Å². The number of hydrogen-bond acceptors (Lipinski definition) is 4. The van der Waals surface area contributed by atoms with Gasteiger partial charge in [0.2, 0.25) is 0 Å². The van der Waals surface area contributed by atoms with E-state index in [4.69, 9.17) is 0 Å². The molecule has 2 aromatic rings. The van der Waals surface area contributed by atoms with Gasteiger partial charge in [-0.2, -0.15) is 5.10 Å². The molecule has 1 atom stereocenters. The van der Waals surface area contributed by atoms with Crippen molar-refractivity contribution in [2.45, 2.75) is 33.4 Å². The van der Waals surface area contributed by atoms with Crippen molar-refractivity contribution >= 4 is 17.2 Å². The second kappa shape index (κ2) is 5.97. The maximum absolute atomic E-state index is 12.2. The summed E-state index contributed by atoms with van der Waals surface area (Å²) in [5, 5.41) is 7.15. The lowest BCUT2D eigenvalue weighted by Gasteiger charge is -2.21. The fourth-order valence-electron chi connectivity index (χ4n) is 1.75. The SMILES string of the molecule is Cc1ccc(C(=O)N[C@@H](Cn2cncn2)C(C)C)s1. The van der Waals surface area contributed by atoms with Crippen LogP contribution in [0.15, 0.2) is 24.8 Å². The van der Waals surface area contributed by atoms with Gasteiger partial charge in [-0.3, -0.25) is 9.48 Å². The summed E-state index contributed by atoms with van der Waals surface area (Å²) >= 11 is 1.51. The van der Waals surface area contributed by atoms with E-state index in [1.54, 1.807) is 11.0 Å². The highest BCUT2D eigenvalue weighted by Gasteiger charge is 2.18. The van der Waals surface area contributed by atoms with E-state index in [2.05, 4.69) is 29.2 Å². The quantitative estimate of drug-likeness (QED) is 0.911. The second-order valence-corrected chi connectivity index (χ2v) is 6.14. The van der Waals surface area contributed by atoms with Crippen LogP contribution in [0.2, 0.25) is 0 Å². The average Bonchev–Trinajstić information content (AvgIpc) is 2.99. The number of thiophene rings is 1. The van der Waals surface area contributed by atoms with E-state index in [9.17, 15) is 4.79 Å². The highest BCUT2D eigenvalue weighted by molar-refractivity contribution is 7.13. The van der Waals surface area contributed by atoms with E-state index in [0.29, 0.717) is 12.5 Å². The van der Waals surface area contributed by atoms with Crippen molar-refractivity contribution in [3.05, 3.63) is 34.5 Å². The molecule has 0 aromatic carbocycles. The molecule has 0 radical (unpaired) electrons. The maximum atomic E-state index is 12.2. The molecule has 0 spiro atoms. The Morgan fingerprint density at radius 3 is 2.79 bits per heavy atom. The Morgan fingerprint density at radius 1 is 1.47 bits per heavy atom. The molecule has 5 nitrogen and oxygen atoms in total. The fraction of sp³-hybridized carbons (Fsp3) is 0.462. The van der Waals surface area contributed by atoms with Gasteiger partial charge in [0.1, 0.15) is 12.7 Å². The first-order chi connectivity index (χ1) is 9.06. The largest absolute Gasteiger partial charge is 0.346 e. The molecule has 0 bridgehead atoms. The number of aryl methyl sites for hydroxylation is 1. The molecule has 0 aliphatic rings. The summed E-state index contributed by atoms with van der Waals surface area (Å²) in [6.45, 7) is 6.80. The number of carbonyl (C=O) groups excluding carboxylic acids is 1. The van der Waals surface area contributed by atoms with Crippen LogP contribution in [0.25, 0.3) is 0 Å². The van der Waals surface area contributed by atoms with E-state index in [1.807, 2.05) is 19.1 Å². The van der Waals surface area contributed by atoms with E-state index in [-0.39, 0.29) is 11.9 Å². The van der Waals surface area contributed by atoms with E-state index in [0.717, 1.165) is 9.75 Å². The molecular formula is C13H18N4OS. The van der Waals surface area contributed by atoms with Crippen molar-refractivity contribution in [2.24, 2.45) is 5.92 Å². The summed E-state index contributed by atoms with van der Waals surface area (Å²) in [6.07, 6.45) is 3.17. The third kappa shape index (κ3) is 3.64. The first kappa shape index (κ1) is 13.7. The molecule has 19 heavy (non-hydrogen) atoms. The van der Waals surface area contributed by atoms with Gasteiger partial charge in [-0.25, -0.2) is 4.98 Å². The lowest BCUT2D eigenvalue weighted by Crippen LogP contribution is -2.41. The molecule has 2 heterocycles. The smallest absolute Gasteiger partial charge is 0.261 e. The first-order valence-electron chi connectivity index (χ1n) is 6.26. The molecule has 6 heteroatoms. The van der Waals surface area contributed by atoms with Crippen LogP contribution in [-0.4, -0.2) is 26.7 Å². The highest BCUT2D eigenvalue weighted by atomic mass is 32.1. The molecule has 0 unspecified atom stereocenters. The Kier molecular flexibility index (Phi) is 4.31. The Labute approximate surface area is 116 Å². The van der Waals surface area contributed by atoms with Crippen LogP contribution >= 0.6 is 11.3 Å². The Morgan fingerprint density at radius 2 is 2.26 bits per heavy atom. The molecule has 1 N–H and O–H groups in total. The van der Waals surface area contributed by atoms with E-state index >= 15 is 0 Å². The number of aromatic nitrogens is 3. The zero-order valence-electron chi connectivity index (χ0n) is 11.3. The average molecular weight is 278 g/mol. The van der Waals surface area contributed by atoms with Gasteiger partial charge in [-0.05, 0) is 25.0 Å². The summed E-state index contributed by atoms with van der Waals surface area (Å²) < 4.78 is 1.74. The minimum Gasteiger partial charge on any atom is -0.346 e. The van der Waals surface area contributed by atoms with Crippen molar-refractivity contribution in [2.75, 3.05) is 0 Å². The maximum Gasteiger partial charge on any atom is 0.261 e. The molecule has 0 aliphatic heterocycles. The van der Waals surface area contributed by atoms with E-state index in [1.165, 1.54) is 17.7 Å². The first-order valence-corrected chi connectivity index (χ1v) is 7.07. The van der Waals surface area contributed by atoms with Crippen LogP contribution in [0, 0.1) is 12.8 Å². The van der Waals surface area contributed by atoms with E-state index < -0.39 is 0 Å². The van der Waals surface area contributed by atoms with Gasteiger partial charge in [0.25, 0.3) is 5.91 Å². The van der Waals surface area contributed by atoms with Crippen molar-refractivity contribution in [1.29, 1.82) is 0 Å². The number of amides is 1. The predicted octanol–water partition coefficient (Wildman–Crippen LogP) is 2.10. The zero-order chi connectivity index (χ0) is 13.8. The standard InChI is InChI=1S/C13H18N4OS/c1-9(2)11(6-17-8-14-7-15-17)16-13(18)12-5-4-10(3)19-12/h4-5,7-9,11H,6H2,1-3H3,(H,16,18)/t11-/m0/s1. The minimum atomic E-state index is -0.0167. The fourth-order valence-corrected chi connectivity index (χ4v) is 2.52. The normalized spacial score (nSPS) is 12.6. The summed E-state index contributed by atoms with van der Waals surface area (Å²) in [5.74, 6) is 0.311. The van der Waals surface area contributed by atoms with Crippen molar-refractivity contribution in [1.82, 2.24) is 20.1 Å². The van der Waals surface area contributed by atoms with Gasteiger partial charge < -0.3 is 5.32 Å². The van der Waals surface area contributed by atoms with Gasteiger partial charge in [0, 0.05) is 4.88 Å².